The Labute approximate surface area is 241 Å². The zero-order chi connectivity index (χ0) is 29.4. The number of alkyl carbamates (subject to hydrolysis) is 1. The topological polar surface area (TPSA) is 135 Å². The number of rotatable bonds is 13. The second-order valence-corrected chi connectivity index (χ2v) is 12.2. The lowest BCUT2D eigenvalue weighted by Gasteiger charge is -2.29. The lowest BCUT2D eigenvalue weighted by Crippen LogP contribution is -2.42. The number of aromatic nitrogens is 4. The van der Waals surface area contributed by atoms with Gasteiger partial charge in [-0.05, 0) is 84.5 Å². The van der Waals surface area contributed by atoms with Crippen molar-refractivity contribution in [3.8, 4) is 11.3 Å². The summed E-state index contributed by atoms with van der Waals surface area (Å²) in [4.78, 5) is 32.6. The zero-order valence-electron chi connectivity index (χ0n) is 24.8. The number of hydrogen-bond acceptors (Lipinski definition) is 8. The van der Waals surface area contributed by atoms with Crippen molar-refractivity contribution in [3.63, 3.8) is 0 Å². The summed E-state index contributed by atoms with van der Waals surface area (Å²) < 4.78 is 21.8. The fourth-order valence-corrected chi connectivity index (χ4v) is 5.03. The fourth-order valence-electron chi connectivity index (χ4n) is 5.03. The molecule has 0 unspecified atom stereocenters. The minimum atomic E-state index is -0.512. The van der Waals surface area contributed by atoms with Gasteiger partial charge in [-0.1, -0.05) is 0 Å². The van der Waals surface area contributed by atoms with Gasteiger partial charge < -0.3 is 26.0 Å². The van der Waals surface area contributed by atoms with Crippen LogP contribution >= 0.6 is 0 Å². The minimum absolute atomic E-state index is 0.0333. The summed E-state index contributed by atoms with van der Waals surface area (Å²) in [6, 6.07) is 0.455. The van der Waals surface area contributed by atoms with Crippen LogP contribution in [0.2, 0.25) is 0 Å². The number of hydrogen-bond donors (Lipinski definition) is 4. The Morgan fingerprint density at radius 2 is 1.71 bits per heavy atom. The molecule has 12 heteroatoms. The van der Waals surface area contributed by atoms with E-state index in [9.17, 15) is 14.0 Å². The summed E-state index contributed by atoms with van der Waals surface area (Å²) in [5.74, 6) is 0.610. The number of halogens is 1. The van der Waals surface area contributed by atoms with Crippen molar-refractivity contribution in [1.82, 2.24) is 35.7 Å². The highest BCUT2D eigenvalue weighted by molar-refractivity contribution is 5.78. The van der Waals surface area contributed by atoms with E-state index in [-0.39, 0.29) is 24.5 Å². The number of aryl methyl sites for hydroxylation is 1. The molecule has 0 saturated heterocycles. The van der Waals surface area contributed by atoms with Crippen molar-refractivity contribution >= 4 is 17.9 Å². The van der Waals surface area contributed by atoms with E-state index in [1.165, 1.54) is 19.0 Å². The van der Waals surface area contributed by atoms with Gasteiger partial charge in [-0.25, -0.2) is 19.2 Å². The van der Waals surface area contributed by atoms with Gasteiger partial charge in [-0.3, -0.25) is 9.48 Å². The van der Waals surface area contributed by atoms with Crippen molar-refractivity contribution in [3.05, 3.63) is 23.9 Å². The molecule has 0 aliphatic heterocycles. The van der Waals surface area contributed by atoms with Crippen LogP contribution in [0.4, 0.5) is 15.1 Å². The van der Waals surface area contributed by atoms with Crippen LogP contribution in [0.1, 0.15) is 77.8 Å². The molecule has 2 heterocycles. The molecule has 2 aliphatic rings. The standard InChI is InChI=1S/C29H45FN8O3/c1-29(2,3)41-28(40)32-14-6-5-13-31-25(39)18-33-20-9-11-21(12-10-20)36-27-34-17-23(30)26(37-27)22-16-35-38(4)24(22)15-19-7-8-19/h16-17,19-21,33H,5-15,18H2,1-4H3,(H,31,39)(H,32,40)(H,34,36,37). The van der Waals surface area contributed by atoms with Gasteiger partial charge >= 0.3 is 6.09 Å². The second-order valence-electron chi connectivity index (χ2n) is 12.2. The van der Waals surface area contributed by atoms with Crippen LogP contribution in [0.15, 0.2) is 12.4 Å². The lowest BCUT2D eigenvalue weighted by atomic mass is 9.91. The van der Waals surface area contributed by atoms with Gasteiger partial charge in [0, 0.05) is 43.5 Å². The van der Waals surface area contributed by atoms with Crippen LogP contribution in [-0.2, 0) is 23.0 Å². The number of carbonyl (C=O) groups excluding carboxylic acids is 2. The minimum Gasteiger partial charge on any atom is -0.444 e. The van der Waals surface area contributed by atoms with E-state index in [0.29, 0.717) is 30.6 Å². The van der Waals surface area contributed by atoms with Gasteiger partial charge in [-0.2, -0.15) is 5.10 Å². The summed E-state index contributed by atoms with van der Waals surface area (Å²) in [6.07, 6.45) is 11.0. The SMILES string of the molecule is Cn1ncc(-c2nc(NC3CCC(NCC(=O)NCCCCNC(=O)OC(C)(C)C)CC3)ncc2F)c1CC1CC1. The van der Waals surface area contributed by atoms with Crippen LogP contribution in [-0.4, -0.2) is 69.1 Å². The maximum Gasteiger partial charge on any atom is 0.407 e. The Kier molecular flexibility index (Phi) is 10.5. The summed E-state index contributed by atoms with van der Waals surface area (Å²) >= 11 is 0. The molecular weight excluding hydrogens is 527 g/mol. The Morgan fingerprint density at radius 1 is 1.02 bits per heavy atom. The van der Waals surface area contributed by atoms with Crippen LogP contribution in [0.5, 0.6) is 0 Å². The average molecular weight is 573 g/mol. The highest BCUT2D eigenvalue weighted by Gasteiger charge is 2.27. The largest absolute Gasteiger partial charge is 0.444 e. The molecule has 2 aliphatic carbocycles. The molecular formula is C29H45FN8O3. The highest BCUT2D eigenvalue weighted by Crippen LogP contribution is 2.36. The first-order valence-corrected chi connectivity index (χ1v) is 14.8. The molecule has 0 radical (unpaired) electrons. The average Bonchev–Trinajstić information content (AvgIpc) is 3.67. The summed E-state index contributed by atoms with van der Waals surface area (Å²) in [5, 5.41) is 16.7. The predicted molar refractivity (Wildman–Crippen MR) is 155 cm³/mol. The van der Waals surface area contributed by atoms with Crippen LogP contribution in [0.25, 0.3) is 11.3 Å². The smallest absolute Gasteiger partial charge is 0.407 e. The third-order valence-corrected chi connectivity index (χ3v) is 7.45. The number of anilines is 1. The predicted octanol–water partition coefficient (Wildman–Crippen LogP) is 3.70. The Balaban J connectivity index is 1.12. The molecule has 0 spiro atoms. The van der Waals surface area contributed by atoms with Crippen LogP contribution in [0.3, 0.4) is 0 Å². The molecule has 2 amide bonds. The molecule has 11 nitrogen and oxygen atoms in total. The molecule has 226 valence electrons. The van der Waals surface area contributed by atoms with Gasteiger partial charge in [0.25, 0.3) is 0 Å². The quantitative estimate of drug-likeness (QED) is 0.267. The zero-order valence-corrected chi connectivity index (χ0v) is 24.8. The molecule has 4 N–H and O–H groups in total. The maximum atomic E-state index is 14.7. The molecule has 2 fully saturated rings. The highest BCUT2D eigenvalue weighted by atomic mass is 19.1. The molecule has 2 saturated carbocycles. The number of unbranched alkanes of at least 4 members (excludes halogenated alkanes) is 1. The van der Waals surface area contributed by atoms with Crippen molar-refractivity contribution in [2.45, 2.75) is 96.2 Å². The number of amides is 2. The normalized spacial score (nSPS) is 19.0. The van der Waals surface area contributed by atoms with Crippen molar-refractivity contribution < 1.29 is 18.7 Å². The summed E-state index contributed by atoms with van der Waals surface area (Å²) in [5.41, 5.74) is 1.54. The van der Waals surface area contributed by atoms with E-state index in [2.05, 4.69) is 36.3 Å². The van der Waals surface area contributed by atoms with Gasteiger partial charge in [-0.15, -0.1) is 0 Å². The summed E-state index contributed by atoms with van der Waals surface area (Å²) in [7, 11) is 1.89. The second kappa shape index (κ2) is 14.1. The van der Waals surface area contributed by atoms with E-state index in [0.717, 1.165) is 56.2 Å². The van der Waals surface area contributed by atoms with Gasteiger partial charge in [0.15, 0.2) is 5.82 Å². The monoisotopic (exact) mass is 572 g/mol. The molecule has 41 heavy (non-hydrogen) atoms. The van der Waals surface area contributed by atoms with Crippen LogP contribution in [0, 0.1) is 11.7 Å². The first kappa shape index (κ1) is 30.7. The number of nitrogens with one attached hydrogen (secondary N) is 4. The van der Waals surface area contributed by atoms with E-state index >= 15 is 0 Å². The third kappa shape index (κ3) is 9.94. The molecule has 2 aromatic rings. The first-order chi connectivity index (χ1) is 19.6. The molecule has 0 atom stereocenters. The van der Waals surface area contributed by atoms with Crippen molar-refractivity contribution in [2.75, 3.05) is 25.0 Å². The molecule has 0 bridgehead atoms. The maximum absolute atomic E-state index is 14.7. The molecule has 4 rings (SSSR count). The lowest BCUT2D eigenvalue weighted by molar-refractivity contribution is -0.120. The third-order valence-electron chi connectivity index (χ3n) is 7.45. The van der Waals surface area contributed by atoms with E-state index in [1.54, 1.807) is 6.20 Å². The molecule has 0 aromatic carbocycles. The number of carbonyl (C=O) groups is 2. The van der Waals surface area contributed by atoms with E-state index in [1.807, 2.05) is 32.5 Å². The Morgan fingerprint density at radius 3 is 2.39 bits per heavy atom. The van der Waals surface area contributed by atoms with Gasteiger partial charge in [0.1, 0.15) is 11.3 Å². The fraction of sp³-hybridized carbons (Fsp3) is 0.690. The van der Waals surface area contributed by atoms with Gasteiger partial charge in [0.05, 0.1) is 18.9 Å². The number of ether oxygens (including phenoxy) is 1. The van der Waals surface area contributed by atoms with E-state index < -0.39 is 17.5 Å². The van der Waals surface area contributed by atoms with Gasteiger partial charge in [0.2, 0.25) is 11.9 Å². The van der Waals surface area contributed by atoms with E-state index in [4.69, 9.17) is 4.74 Å². The van der Waals surface area contributed by atoms with Crippen molar-refractivity contribution in [1.29, 1.82) is 0 Å². The van der Waals surface area contributed by atoms with Crippen molar-refractivity contribution in [2.24, 2.45) is 13.0 Å². The molecule has 2 aromatic heterocycles. The Hall–Kier alpha value is -3.28. The summed E-state index contributed by atoms with van der Waals surface area (Å²) in [6.45, 7) is 6.82. The number of nitrogens with zero attached hydrogens (tertiary/aromatic N) is 4. The first-order valence-electron chi connectivity index (χ1n) is 14.8. The Bertz CT molecular complexity index is 1170. The van der Waals surface area contributed by atoms with Crippen LogP contribution < -0.4 is 21.3 Å².